The first-order valence-corrected chi connectivity index (χ1v) is 9.45. The summed E-state index contributed by atoms with van der Waals surface area (Å²) in [5, 5.41) is 11.4. The van der Waals surface area contributed by atoms with Crippen LogP contribution in [0.1, 0.15) is 60.4 Å². The number of aromatic nitrogens is 3. The lowest BCUT2D eigenvalue weighted by Crippen LogP contribution is -2.25. The first-order valence-electron chi connectivity index (χ1n) is 9.45. The van der Waals surface area contributed by atoms with Crippen LogP contribution in [0, 0.1) is 13.8 Å². The zero-order valence-electron chi connectivity index (χ0n) is 16.5. The molecule has 1 aromatic carbocycles. The summed E-state index contributed by atoms with van der Waals surface area (Å²) in [6.45, 7) is 8.30. The van der Waals surface area contributed by atoms with Gasteiger partial charge in [-0.2, -0.15) is 5.10 Å². The minimum atomic E-state index is -0.00661. The van der Waals surface area contributed by atoms with Crippen molar-refractivity contribution in [2.45, 2.75) is 52.7 Å². The summed E-state index contributed by atoms with van der Waals surface area (Å²) in [6.07, 6.45) is 2.28. The van der Waals surface area contributed by atoms with E-state index in [2.05, 4.69) is 15.6 Å². The van der Waals surface area contributed by atoms with E-state index in [4.69, 9.17) is 9.26 Å². The molecule has 2 aromatic heterocycles. The molecular weight excluding hydrogens is 356 g/mol. The van der Waals surface area contributed by atoms with Gasteiger partial charge in [0.15, 0.2) is 0 Å². The fraction of sp³-hybridized carbons (Fsp3) is 0.381. The number of carbonyl (C=O) groups excluding carboxylic acids is 1. The quantitative estimate of drug-likeness (QED) is 0.720. The van der Waals surface area contributed by atoms with E-state index in [0.29, 0.717) is 13.0 Å². The predicted molar refractivity (Wildman–Crippen MR) is 104 cm³/mol. The van der Waals surface area contributed by atoms with Crippen molar-refractivity contribution in [3.63, 3.8) is 0 Å². The van der Waals surface area contributed by atoms with Gasteiger partial charge in [-0.1, -0.05) is 17.3 Å². The maximum Gasteiger partial charge on any atom is 0.226 e. The first-order chi connectivity index (χ1) is 13.4. The van der Waals surface area contributed by atoms with Crippen molar-refractivity contribution in [1.82, 2.24) is 14.9 Å². The van der Waals surface area contributed by atoms with Crippen molar-refractivity contribution in [3.8, 4) is 5.75 Å². The van der Waals surface area contributed by atoms with Crippen molar-refractivity contribution >= 4 is 11.7 Å². The number of fused-ring (bicyclic) bond motifs is 1. The second kappa shape index (κ2) is 7.14. The summed E-state index contributed by atoms with van der Waals surface area (Å²) in [5.74, 6) is 2.35. The van der Waals surface area contributed by atoms with Crippen molar-refractivity contribution < 1.29 is 14.1 Å². The maximum absolute atomic E-state index is 12.3. The van der Waals surface area contributed by atoms with Gasteiger partial charge >= 0.3 is 0 Å². The number of nitrogens with one attached hydrogen (secondary N) is 1. The van der Waals surface area contributed by atoms with E-state index in [0.717, 1.165) is 39.7 Å². The fourth-order valence-corrected chi connectivity index (χ4v) is 3.59. The third-order valence-corrected chi connectivity index (χ3v) is 5.18. The molecule has 1 N–H and O–H groups in total. The second-order valence-corrected chi connectivity index (χ2v) is 7.45. The molecule has 0 spiro atoms. The van der Waals surface area contributed by atoms with Gasteiger partial charge in [0.1, 0.15) is 23.9 Å². The summed E-state index contributed by atoms with van der Waals surface area (Å²) < 4.78 is 12.9. The molecule has 0 saturated carbocycles. The number of aryl methyl sites for hydroxylation is 2. The molecule has 0 radical (unpaired) electrons. The minimum Gasteiger partial charge on any atom is -0.489 e. The van der Waals surface area contributed by atoms with E-state index >= 15 is 0 Å². The smallest absolute Gasteiger partial charge is 0.226 e. The first kappa shape index (κ1) is 18.3. The van der Waals surface area contributed by atoms with E-state index < -0.39 is 0 Å². The second-order valence-electron chi connectivity index (χ2n) is 7.45. The minimum absolute atomic E-state index is 0.00661. The number of amides is 1. The predicted octanol–water partition coefficient (Wildman–Crippen LogP) is 4.12. The Hall–Kier alpha value is -3.09. The SMILES string of the molecule is Cc1noc(C)c1COc1ccc(C2CC(=O)Nc3c2cnn3C(C)C)cc1. The normalized spacial score (nSPS) is 16.2. The number of ether oxygens (including phenoxy) is 1. The molecule has 1 atom stereocenters. The molecule has 4 rings (SSSR count). The largest absolute Gasteiger partial charge is 0.489 e. The van der Waals surface area contributed by atoms with Crippen LogP contribution >= 0.6 is 0 Å². The Morgan fingerprint density at radius 1 is 1.29 bits per heavy atom. The Labute approximate surface area is 163 Å². The third-order valence-electron chi connectivity index (χ3n) is 5.18. The number of anilines is 1. The lowest BCUT2D eigenvalue weighted by Gasteiger charge is -2.24. The van der Waals surface area contributed by atoms with Crippen LogP contribution in [-0.4, -0.2) is 20.8 Å². The van der Waals surface area contributed by atoms with Crippen molar-refractivity contribution in [1.29, 1.82) is 0 Å². The van der Waals surface area contributed by atoms with Crippen LogP contribution in [0.25, 0.3) is 0 Å². The van der Waals surface area contributed by atoms with Gasteiger partial charge in [0.2, 0.25) is 5.91 Å². The molecule has 0 aliphatic carbocycles. The van der Waals surface area contributed by atoms with Gasteiger partial charge in [0, 0.05) is 23.9 Å². The van der Waals surface area contributed by atoms with Crippen LogP contribution in [0.4, 0.5) is 5.82 Å². The molecule has 3 aromatic rings. The fourth-order valence-electron chi connectivity index (χ4n) is 3.59. The number of hydrogen-bond acceptors (Lipinski definition) is 5. The van der Waals surface area contributed by atoms with E-state index in [1.807, 2.05) is 62.8 Å². The lowest BCUT2D eigenvalue weighted by atomic mass is 9.87. The average molecular weight is 380 g/mol. The Bertz CT molecular complexity index is 982. The number of hydrogen-bond donors (Lipinski definition) is 1. The number of nitrogens with zero attached hydrogens (tertiary/aromatic N) is 3. The van der Waals surface area contributed by atoms with E-state index in [1.54, 1.807) is 0 Å². The molecular formula is C21H24N4O3. The number of carbonyl (C=O) groups is 1. The monoisotopic (exact) mass is 380 g/mol. The Kier molecular flexibility index (Phi) is 4.66. The summed E-state index contributed by atoms with van der Waals surface area (Å²) >= 11 is 0. The molecule has 1 aliphatic heterocycles. The molecule has 7 heteroatoms. The van der Waals surface area contributed by atoms with Crippen LogP contribution in [0.5, 0.6) is 5.75 Å². The van der Waals surface area contributed by atoms with Gasteiger partial charge in [-0.05, 0) is 45.4 Å². The maximum atomic E-state index is 12.3. The summed E-state index contributed by atoms with van der Waals surface area (Å²) in [7, 11) is 0. The van der Waals surface area contributed by atoms with Crippen molar-refractivity contribution in [2.75, 3.05) is 5.32 Å². The van der Waals surface area contributed by atoms with Gasteiger partial charge < -0.3 is 14.6 Å². The Morgan fingerprint density at radius 3 is 2.68 bits per heavy atom. The topological polar surface area (TPSA) is 82.2 Å². The zero-order chi connectivity index (χ0) is 19.8. The molecule has 7 nitrogen and oxygen atoms in total. The highest BCUT2D eigenvalue weighted by Crippen LogP contribution is 2.38. The van der Waals surface area contributed by atoms with E-state index in [1.165, 1.54) is 0 Å². The van der Waals surface area contributed by atoms with Crippen molar-refractivity contribution in [3.05, 3.63) is 58.6 Å². The summed E-state index contributed by atoms with van der Waals surface area (Å²) in [5.41, 5.74) is 3.94. The molecule has 3 heterocycles. The highest BCUT2D eigenvalue weighted by atomic mass is 16.5. The highest BCUT2D eigenvalue weighted by Gasteiger charge is 2.30. The summed E-state index contributed by atoms with van der Waals surface area (Å²) in [6, 6.07) is 8.09. The zero-order valence-corrected chi connectivity index (χ0v) is 16.5. The van der Waals surface area contributed by atoms with Crippen LogP contribution in [-0.2, 0) is 11.4 Å². The lowest BCUT2D eigenvalue weighted by molar-refractivity contribution is -0.116. The third kappa shape index (κ3) is 3.28. The molecule has 146 valence electrons. The molecule has 1 amide bonds. The van der Waals surface area contributed by atoms with Crippen molar-refractivity contribution in [2.24, 2.45) is 0 Å². The Morgan fingerprint density at radius 2 is 2.04 bits per heavy atom. The summed E-state index contributed by atoms with van der Waals surface area (Å²) in [4.78, 5) is 12.3. The van der Waals surface area contributed by atoms with Crippen LogP contribution in [0.3, 0.4) is 0 Å². The van der Waals surface area contributed by atoms with E-state index in [-0.39, 0.29) is 17.9 Å². The Balaban J connectivity index is 1.54. The molecule has 1 unspecified atom stereocenters. The molecule has 0 fully saturated rings. The highest BCUT2D eigenvalue weighted by molar-refractivity contribution is 5.94. The number of rotatable bonds is 5. The van der Waals surface area contributed by atoms with Gasteiger partial charge in [-0.15, -0.1) is 0 Å². The van der Waals surface area contributed by atoms with Gasteiger partial charge in [0.05, 0.1) is 17.5 Å². The van der Waals surface area contributed by atoms with Crippen LogP contribution in [0.15, 0.2) is 35.0 Å². The molecule has 0 saturated heterocycles. The number of benzene rings is 1. The van der Waals surface area contributed by atoms with Gasteiger partial charge in [-0.3, -0.25) is 4.79 Å². The van der Waals surface area contributed by atoms with Gasteiger partial charge in [-0.25, -0.2) is 4.68 Å². The molecule has 0 bridgehead atoms. The van der Waals surface area contributed by atoms with Crippen LogP contribution in [0.2, 0.25) is 0 Å². The van der Waals surface area contributed by atoms with E-state index in [9.17, 15) is 4.79 Å². The average Bonchev–Trinajstić information content (AvgIpc) is 3.23. The standard InChI is InChI=1S/C21H24N4O3/c1-12(2)25-21-18(10-22-25)17(9-20(26)23-21)15-5-7-16(8-6-15)27-11-19-13(3)24-28-14(19)4/h5-8,10,12,17H,9,11H2,1-4H3,(H,23,26). The van der Waals surface area contributed by atoms with Crippen LogP contribution < -0.4 is 10.1 Å². The molecule has 28 heavy (non-hydrogen) atoms. The van der Waals surface area contributed by atoms with Gasteiger partial charge in [0.25, 0.3) is 0 Å². The molecule has 1 aliphatic rings.